The Labute approximate surface area is 142 Å². The van der Waals surface area contributed by atoms with Crippen LogP contribution in [0.25, 0.3) is 10.9 Å². The number of nitrogens with one attached hydrogen (secondary N) is 2. The summed E-state index contributed by atoms with van der Waals surface area (Å²) in [5, 5.41) is 4.01. The number of pyridine rings is 1. The molecule has 0 saturated heterocycles. The number of likely N-dealkylation sites (N-methyl/N-ethyl adjacent to an activating group) is 1. The van der Waals surface area contributed by atoms with Gasteiger partial charge in [-0.1, -0.05) is 48.5 Å². The number of quaternary nitrogens is 1. The molecule has 0 fully saturated rings. The van der Waals surface area contributed by atoms with Crippen molar-refractivity contribution in [3.63, 3.8) is 0 Å². The van der Waals surface area contributed by atoms with Gasteiger partial charge in [-0.15, -0.1) is 0 Å². The van der Waals surface area contributed by atoms with Crippen molar-refractivity contribution in [2.75, 3.05) is 18.9 Å². The van der Waals surface area contributed by atoms with Crippen molar-refractivity contribution in [1.82, 2.24) is 4.98 Å². The molecular formula is C20H22N3O+. The molecule has 0 aliphatic heterocycles. The normalized spacial score (nSPS) is 12.1. The van der Waals surface area contributed by atoms with Crippen LogP contribution >= 0.6 is 0 Å². The Kier molecular flexibility index (Phi) is 4.87. The average Bonchev–Trinajstić information content (AvgIpc) is 2.55. The molecule has 3 rings (SSSR count). The Morgan fingerprint density at radius 2 is 1.79 bits per heavy atom. The van der Waals surface area contributed by atoms with Crippen molar-refractivity contribution in [2.45, 2.75) is 13.5 Å². The van der Waals surface area contributed by atoms with E-state index in [1.807, 2.05) is 62.5 Å². The van der Waals surface area contributed by atoms with Gasteiger partial charge in [-0.05, 0) is 19.1 Å². The second kappa shape index (κ2) is 7.23. The number of aryl methyl sites for hydroxylation is 1. The van der Waals surface area contributed by atoms with E-state index in [4.69, 9.17) is 0 Å². The first-order valence-electron chi connectivity index (χ1n) is 8.13. The molecule has 3 aromatic rings. The number of carbonyl (C=O) groups excluding carboxylic acids is 1. The average molecular weight is 320 g/mol. The van der Waals surface area contributed by atoms with Crippen LogP contribution in [-0.4, -0.2) is 24.5 Å². The zero-order chi connectivity index (χ0) is 16.9. The van der Waals surface area contributed by atoms with Gasteiger partial charge in [-0.3, -0.25) is 9.78 Å². The SMILES string of the molecule is Cc1cc(NC(=O)C[NH+](C)Cc2ccccc2)c2ccccc2n1. The number of benzene rings is 2. The van der Waals surface area contributed by atoms with Gasteiger partial charge in [0.1, 0.15) is 6.54 Å². The molecule has 2 aromatic carbocycles. The van der Waals surface area contributed by atoms with Crippen LogP contribution in [0, 0.1) is 6.92 Å². The minimum Gasteiger partial charge on any atom is -0.326 e. The Balaban J connectivity index is 1.69. The Bertz CT molecular complexity index is 846. The van der Waals surface area contributed by atoms with Crippen LogP contribution in [-0.2, 0) is 11.3 Å². The number of para-hydroxylation sites is 1. The van der Waals surface area contributed by atoms with Gasteiger partial charge in [0.25, 0.3) is 5.91 Å². The highest BCUT2D eigenvalue weighted by Gasteiger charge is 2.12. The molecule has 122 valence electrons. The molecule has 0 bridgehead atoms. The van der Waals surface area contributed by atoms with Gasteiger partial charge in [0.15, 0.2) is 6.54 Å². The lowest BCUT2D eigenvalue weighted by Crippen LogP contribution is -3.08. The minimum atomic E-state index is 0.0131. The fraction of sp³-hybridized carbons (Fsp3) is 0.200. The van der Waals surface area contributed by atoms with Crippen LogP contribution in [0.15, 0.2) is 60.7 Å². The van der Waals surface area contributed by atoms with E-state index in [1.54, 1.807) is 0 Å². The summed E-state index contributed by atoms with van der Waals surface area (Å²) in [5.41, 5.74) is 3.86. The van der Waals surface area contributed by atoms with E-state index in [-0.39, 0.29) is 5.91 Å². The zero-order valence-electron chi connectivity index (χ0n) is 14.0. The minimum absolute atomic E-state index is 0.0131. The number of carbonyl (C=O) groups is 1. The second-order valence-corrected chi connectivity index (χ2v) is 6.17. The lowest BCUT2D eigenvalue weighted by atomic mass is 10.1. The van der Waals surface area contributed by atoms with Gasteiger partial charge in [0, 0.05) is 16.6 Å². The van der Waals surface area contributed by atoms with E-state index in [2.05, 4.69) is 22.4 Å². The number of anilines is 1. The molecule has 0 spiro atoms. The molecule has 1 amide bonds. The molecule has 1 aromatic heterocycles. The predicted molar refractivity (Wildman–Crippen MR) is 97.0 cm³/mol. The number of fused-ring (bicyclic) bond motifs is 1. The van der Waals surface area contributed by atoms with Crippen LogP contribution in [0.2, 0.25) is 0 Å². The molecular weight excluding hydrogens is 298 g/mol. The molecule has 4 nitrogen and oxygen atoms in total. The van der Waals surface area contributed by atoms with Gasteiger partial charge in [-0.25, -0.2) is 0 Å². The van der Waals surface area contributed by atoms with Gasteiger partial charge in [0.05, 0.1) is 18.3 Å². The van der Waals surface area contributed by atoms with Crippen molar-refractivity contribution in [2.24, 2.45) is 0 Å². The highest BCUT2D eigenvalue weighted by atomic mass is 16.2. The summed E-state index contributed by atoms with van der Waals surface area (Å²) in [6.45, 7) is 3.18. The molecule has 4 heteroatoms. The summed E-state index contributed by atoms with van der Waals surface area (Å²) < 4.78 is 0. The molecule has 0 saturated carbocycles. The van der Waals surface area contributed by atoms with Crippen LogP contribution in [0.5, 0.6) is 0 Å². The Morgan fingerprint density at radius 1 is 1.08 bits per heavy atom. The first kappa shape index (κ1) is 16.1. The highest BCUT2D eigenvalue weighted by Crippen LogP contribution is 2.22. The molecule has 0 radical (unpaired) electrons. The van der Waals surface area contributed by atoms with E-state index in [0.29, 0.717) is 6.54 Å². The van der Waals surface area contributed by atoms with Crippen molar-refractivity contribution in [1.29, 1.82) is 0 Å². The topological polar surface area (TPSA) is 46.4 Å². The second-order valence-electron chi connectivity index (χ2n) is 6.17. The van der Waals surface area contributed by atoms with Gasteiger partial charge < -0.3 is 10.2 Å². The lowest BCUT2D eigenvalue weighted by molar-refractivity contribution is -0.885. The smallest absolute Gasteiger partial charge is 0.279 e. The largest absolute Gasteiger partial charge is 0.326 e. The maximum absolute atomic E-state index is 12.4. The number of hydrogen-bond donors (Lipinski definition) is 2. The fourth-order valence-electron chi connectivity index (χ4n) is 2.89. The summed E-state index contributed by atoms with van der Waals surface area (Å²) in [6.07, 6.45) is 0. The molecule has 1 heterocycles. The van der Waals surface area contributed by atoms with E-state index >= 15 is 0 Å². The number of amides is 1. The predicted octanol–water partition coefficient (Wildman–Crippen LogP) is 2.20. The van der Waals surface area contributed by atoms with Gasteiger partial charge >= 0.3 is 0 Å². The van der Waals surface area contributed by atoms with Gasteiger partial charge in [0.2, 0.25) is 0 Å². The van der Waals surface area contributed by atoms with Crippen molar-refractivity contribution >= 4 is 22.5 Å². The molecule has 24 heavy (non-hydrogen) atoms. The van der Waals surface area contributed by atoms with Crippen LogP contribution in [0.4, 0.5) is 5.69 Å². The maximum atomic E-state index is 12.4. The first-order chi connectivity index (χ1) is 11.6. The lowest BCUT2D eigenvalue weighted by Gasteiger charge is -2.15. The van der Waals surface area contributed by atoms with Crippen LogP contribution in [0.1, 0.15) is 11.3 Å². The quantitative estimate of drug-likeness (QED) is 0.757. The third-order valence-corrected chi connectivity index (χ3v) is 3.93. The van der Waals surface area contributed by atoms with Crippen molar-refractivity contribution in [3.05, 3.63) is 71.9 Å². The first-order valence-corrected chi connectivity index (χ1v) is 8.13. The van der Waals surface area contributed by atoms with Crippen LogP contribution in [0.3, 0.4) is 0 Å². The van der Waals surface area contributed by atoms with E-state index in [1.165, 1.54) is 5.56 Å². The van der Waals surface area contributed by atoms with Crippen molar-refractivity contribution < 1.29 is 9.69 Å². The van der Waals surface area contributed by atoms with E-state index in [0.717, 1.165) is 33.7 Å². The number of nitrogens with zero attached hydrogens (tertiary/aromatic N) is 1. The number of hydrogen-bond acceptors (Lipinski definition) is 2. The third kappa shape index (κ3) is 3.97. The highest BCUT2D eigenvalue weighted by molar-refractivity contribution is 6.01. The standard InChI is InChI=1S/C20H21N3O/c1-15-12-19(17-10-6-7-11-18(17)21-15)22-20(24)14-23(2)13-16-8-4-3-5-9-16/h3-12H,13-14H2,1-2H3,(H,21,22,24)/p+1. The summed E-state index contributed by atoms with van der Waals surface area (Å²) in [7, 11) is 2.03. The zero-order valence-corrected chi connectivity index (χ0v) is 14.0. The molecule has 2 N–H and O–H groups in total. The number of rotatable bonds is 5. The number of aromatic nitrogens is 1. The summed E-state index contributed by atoms with van der Waals surface area (Å²) in [5.74, 6) is 0.0131. The van der Waals surface area contributed by atoms with Gasteiger partial charge in [-0.2, -0.15) is 0 Å². The Hall–Kier alpha value is -2.72. The molecule has 1 atom stereocenters. The van der Waals surface area contributed by atoms with E-state index < -0.39 is 0 Å². The monoisotopic (exact) mass is 320 g/mol. The van der Waals surface area contributed by atoms with E-state index in [9.17, 15) is 4.79 Å². The molecule has 1 unspecified atom stereocenters. The molecule has 0 aliphatic rings. The summed E-state index contributed by atoms with van der Waals surface area (Å²) >= 11 is 0. The summed E-state index contributed by atoms with van der Waals surface area (Å²) in [6, 6.07) is 20.0. The molecule has 0 aliphatic carbocycles. The van der Waals surface area contributed by atoms with Crippen molar-refractivity contribution in [3.8, 4) is 0 Å². The summed E-state index contributed by atoms with van der Waals surface area (Å²) in [4.78, 5) is 18.1. The van der Waals surface area contributed by atoms with Crippen LogP contribution < -0.4 is 10.2 Å². The maximum Gasteiger partial charge on any atom is 0.279 e. The fourth-order valence-corrected chi connectivity index (χ4v) is 2.89. The Morgan fingerprint density at radius 3 is 2.58 bits per heavy atom. The third-order valence-electron chi connectivity index (χ3n) is 3.93.